The van der Waals surface area contributed by atoms with Crippen LogP contribution in [0.25, 0.3) is 10.9 Å². The van der Waals surface area contributed by atoms with Gasteiger partial charge in [0.1, 0.15) is 11.9 Å². The topological polar surface area (TPSA) is 57.7 Å². The van der Waals surface area contributed by atoms with Crippen LogP contribution in [0.3, 0.4) is 0 Å². The fourth-order valence-electron chi connectivity index (χ4n) is 3.13. The highest BCUT2D eigenvalue weighted by molar-refractivity contribution is 5.89. The standard InChI is InChI=1S/C19H16F7NO4/c1-9-10(2)27-14-4-3-11(17(20,18(21,22)23)19(24,25)26)7-13(14)15(9)31-16(28)30-12-5-6-29-8-12/h3-4,7,12H,5-6,8H2,1-2H3. The fraction of sp³-hybridized carbons (Fsp3) is 0.474. The minimum atomic E-state index is -6.28. The Morgan fingerprint density at radius 3 is 2.29 bits per heavy atom. The zero-order valence-corrected chi connectivity index (χ0v) is 16.2. The fourth-order valence-corrected chi connectivity index (χ4v) is 3.13. The Balaban J connectivity index is 2.11. The number of benzene rings is 1. The van der Waals surface area contributed by atoms with Gasteiger partial charge in [-0.2, -0.15) is 26.3 Å². The van der Waals surface area contributed by atoms with Crippen molar-refractivity contribution in [2.45, 2.75) is 44.4 Å². The summed E-state index contributed by atoms with van der Waals surface area (Å²) in [5.41, 5.74) is -6.98. The van der Waals surface area contributed by atoms with Crippen molar-refractivity contribution >= 4 is 17.1 Å². The van der Waals surface area contributed by atoms with Gasteiger partial charge in [0, 0.05) is 28.6 Å². The molecule has 0 radical (unpaired) electrons. The molecule has 0 bridgehead atoms. The van der Waals surface area contributed by atoms with Crippen molar-refractivity contribution in [3.63, 3.8) is 0 Å². The van der Waals surface area contributed by atoms with E-state index in [9.17, 15) is 35.5 Å². The third-order valence-electron chi connectivity index (χ3n) is 4.93. The Labute approximate surface area is 171 Å². The highest BCUT2D eigenvalue weighted by atomic mass is 19.4. The number of carbonyl (C=O) groups is 1. The lowest BCUT2D eigenvalue weighted by Crippen LogP contribution is -2.50. The van der Waals surface area contributed by atoms with Crippen LogP contribution >= 0.6 is 0 Å². The summed E-state index contributed by atoms with van der Waals surface area (Å²) >= 11 is 0. The Bertz CT molecular complexity index is 983. The maximum atomic E-state index is 14.5. The molecule has 12 heteroatoms. The third kappa shape index (κ3) is 4.12. The third-order valence-corrected chi connectivity index (χ3v) is 4.93. The zero-order chi connectivity index (χ0) is 23.2. The molecule has 170 valence electrons. The molecule has 1 aromatic heterocycles. The predicted octanol–water partition coefficient (Wildman–Crippen LogP) is 5.45. The number of nitrogens with zero attached hydrogens (tertiary/aromatic N) is 1. The number of carbonyl (C=O) groups excluding carboxylic acids is 1. The van der Waals surface area contributed by atoms with Crippen LogP contribution in [-0.2, 0) is 15.1 Å². The van der Waals surface area contributed by atoms with Crippen LogP contribution in [0.1, 0.15) is 23.2 Å². The quantitative estimate of drug-likeness (QED) is 0.456. The van der Waals surface area contributed by atoms with E-state index in [2.05, 4.69) is 4.98 Å². The molecular weight excluding hydrogens is 439 g/mol. The Hall–Kier alpha value is -2.63. The minimum absolute atomic E-state index is 0.0921. The minimum Gasteiger partial charge on any atom is -0.428 e. The molecule has 2 aromatic rings. The van der Waals surface area contributed by atoms with Crippen molar-refractivity contribution in [2.24, 2.45) is 0 Å². The molecule has 1 unspecified atom stereocenters. The first kappa shape index (κ1) is 23.0. The van der Waals surface area contributed by atoms with Crippen LogP contribution in [-0.4, -0.2) is 42.8 Å². The highest BCUT2D eigenvalue weighted by Gasteiger charge is 2.73. The summed E-state index contributed by atoms with van der Waals surface area (Å²) in [6.07, 6.45) is -14.0. The first-order valence-electron chi connectivity index (χ1n) is 8.95. The van der Waals surface area contributed by atoms with Gasteiger partial charge in [0.05, 0.1) is 18.7 Å². The molecule has 0 amide bonds. The van der Waals surface area contributed by atoms with E-state index in [0.29, 0.717) is 30.9 Å². The Kier molecular flexibility index (Phi) is 5.80. The predicted molar refractivity (Wildman–Crippen MR) is 92.4 cm³/mol. The van der Waals surface area contributed by atoms with Crippen molar-refractivity contribution in [2.75, 3.05) is 13.2 Å². The number of aromatic nitrogens is 1. The molecule has 0 N–H and O–H groups in total. The zero-order valence-electron chi connectivity index (χ0n) is 16.2. The molecule has 1 atom stereocenters. The molecule has 1 fully saturated rings. The molecule has 2 heterocycles. The smallest absolute Gasteiger partial charge is 0.428 e. The van der Waals surface area contributed by atoms with E-state index in [1.54, 1.807) is 0 Å². The summed E-state index contributed by atoms with van der Waals surface area (Å²) in [7, 11) is 0. The average molecular weight is 455 g/mol. The number of alkyl halides is 7. The lowest BCUT2D eigenvalue weighted by Gasteiger charge is -2.30. The van der Waals surface area contributed by atoms with Gasteiger partial charge in [-0.1, -0.05) is 6.07 Å². The number of aryl methyl sites for hydroxylation is 1. The van der Waals surface area contributed by atoms with Crippen LogP contribution < -0.4 is 4.74 Å². The van der Waals surface area contributed by atoms with Crippen LogP contribution in [0.4, 0.5) is 35.5 Å². The second-order valence-electron chi connectivity index (χ2n) is 6.99. The van der Waals surface area contributed by atoms with E-state index in [1.165, 1.54) is 13.8 Å². The number of fused-ring (bicyclic) bond motifs is 1. The van der Waals surface area contributed by atoms with E-state index in [1.807, 2.05) is 0 Å². The first-order chi connectivity index (χ1) is 14.3. The van der Waals surface area contributed by atoms with Gasteiger partial charge in [0.2, 0.25) is 0 Å². The summed E-state index contributed by atoms with van der Waals surface area (Å²) in [6, 6.07) is 1.48. The lowest BCUT2D eigenvalue weighted by atomic mass is 9.92. The molecule has 0 spiro atoms. The van der Waals surface area contributed by atoms with E-state index in [-0.39, 0.29) is 23.4 Å². The Morgan fingerprint density at radius 2 is 1.74 bits per heavy atom. The SMILES string of the molecule is Cc1nc2ccc(C(F)(C(F)(F)F)C(F)(F)F)cc2c(OC(=O)OC2CCOC2)c1C. The van der Waals surface area contributed by atoms with Crippen molar-refractivity contribution in [3.05, 3.63) is 35.0 Å². The molecule has 5 nitrogen and oxygen atoms in total. The van der Waals surface area contributed by atoms with Gasteiger partial charge >= 0.3 is 24.2 Å². The van der Waals surface area contributed by atoms with Gasteiger partial charge in [-0.25, -0.2) is 9.18 Å². The van der Waals surface area contributed by atoms with Gasteiger partial charge in [0.15, 0.2) is 0 Å². The highest BCUT2D eigenvalue weighted by Crippen LogP contribution is 2.53. The van der Waals surface area contributed by atoms with E-state index in [0.717, 1.165) is 6.07 Å². The van der Waals surface area contributed by atoms with E-state index in [4.69, 9.17) is 14.2 Å². The van der Waals surface area contributed by atoms with Gasteiger partial charge in [0.25, 0.3) is 0 Å². The first-order valence-corrected chi connectivity index (χ1v) is 8.95. The molecule has 1 saturated heterocycles. The van der Waals surface area contributed by atoms with E-state index >= 15 is 0 Å². The van der Waals surface area contributed by atoms with Crippen molar-refractivity contribution in [3.8, 4) is 5.75 Å². The van der Waals surface area contributed by atoms with Crippen molar-refractivity contribution in [1.29, 1.82) is 0 Å². The lowest BCUT2D eigenvalue weighted by molar-refractivity contribution is -0.348. The summed E-state index contributed by atoms with van der Waals surface area (Å²) in [4.78, 5) is 16.2. The summed E-state index contributed by atoms with van der Waals surface area (Å²) < 4.78 is 108. The Morgan fingerprint density at radius 1 is 1.10 bits per heavy atom. The number of halogens is 7. The molecule has 0 saturated carbocycles. The van der Waals surface area contributed by atoms with Crippen molar-refractivity contribution < 1.29 is 49.7 Å². The van der Waals surface area contributed by atoms with Gasteiger partial charge in [-0.3, -0.25) is 4.98 Å². The molecule has 31 heavy (non-hydrogen) atoms. The molecule has 0 aliphatic carbocycles. The maximum Gasteiger partial charge on any atom is 0.514 e. The van der Waals surface area contributed by atoms with Gasteiger partial charge in [-0.15, -0.1) is 0 Å². The summed E-state index contributed by atoms with van der Waals surface area (Å²) in [6.45, 7) is 3.36. The normalized spacial score (nSPS) is 17.8. The second-order valence-corrected chi connectivity index (χ2v) is 6.99. The summed E-state index contributed by atoms with van der Waals surface area (Å²) in [5, 5.41) is -0.407. The molecular formula is C19H16F7NO4. The number of pyridine rings is 1. The van der Waals surface area contributed by atoms with E-state index < -0.39 is 41.2 Å². The van der Waals surface area contributed by atoms with Crippen LogP contribution in [0.2, 0.25) is 0 Å². The van der Waals surface area contributed by atoms with Gasteiger partial charge in [-0.05, 0) is 26.0 Å². The second kappa shape index (κ2) is 7.81. The molecule has 1 aromatic carbocycles. The molecule has 1 aliphatic heterocycles. The number of hydrogen-bond acceptors (Lipinski definition) is 5. The average Bonchev–Trinajstić information content (AvgIpc) is 3.15. The number of ether oxygens (including phenoxy) is 3. The maximum absolute atomic E-state index is 14.5. The molecule has 1 aliphatic rings. The largest absolute Gasteiger partial charge is 0.514 e. The van der Waals surface area contributed by atoms with Crippen LogP contribution in [0.5, 0.6) is 5.75 Å². The monoisotopic (exact) mass is 455 g/mol. The number of rotatable bonds is 3. The van der Waals surface area contributed by atoms with Gasteiger partial charge < -0.3 is 14.2 Å². The van der Waals surface area contributed by atoms with Crippen molar-refractivity contribution in [1.82, 2.24) is 4.98 Å². The van der Waals surface area contributed by atoms with Crippen LogP contribution in [0, 0.1) is 13.8 Å². The molecule has 3 rings (SSSR count). The summed E-state index contributed by atoms with van der Waals surface area (Å²) in [5.74, 6) is -0.375. The number of hydrogen-bond donors (Lipinski definition) is 0. The van der Waals surface area contributed by atoms with Crippen LogP contribution in [0.15, 0.2) is 18.2 Å².